The van der Waals surface area contributed by atoms with Gasteiger partial charge in [0.2, 0.25) is 0 Å². The average Bonchev–Trinajstić information content (AvgIpc) is 2.46. The van der Waals surface area contributed by atoms with Crippen molar-refractivity contribution < 1.29 is 8.42 Å². The number of rotatable bonds is 5. The molecule has 1 N–H and O–H groups in total. The summed E-state index contributed by atoms with van der Waals surface area (Å²) in [6.07, 6.45) is 4.53. The van der Waals surface area contributed by atoms with Crippen LogP contribution in [0.3, 0.4) is 0 Å². The van der Waals surface area contributed by atoms with E-state index in [9.17, 15) is 13.2 Å². The van der Waals surface area contributed by atoms with E-state index in [1.165, 1.54) is 29.0 Å². The molecule has 0 aliphatic rings. The molecule has 0 aliphatic heterocycles. The van der Waals surface area contributed by atoms with Crippen LogP contribution in [0, 0.1) is 0 Å². The third-order valence-corrected chi connectivity index (χ3v) is 3.93. The number of benzene rings is 1. The van der Waals surface area contributed by atoms with Gasteiger partial charge in [-0.05, 0) is 24.3 Å². The molecule has 0 bridgehead atoms. The van der Waals surface area contributed by atoms with Crippen molar-refractivity contribution in [1.82, 2.24) is 9.29 Å². The van der Waals surface area contributed by atoms with Crippen molar-refractivity contribution in [2.75, 3.05) is 0 Å². The van der Waals surface area contributed by atoms with Gasteiger partial charge in [0.25, 0.3) is 15.6 Å². The van der Waals surface area contributed by atoms with Crippen LogP contribution in [0.5, 0.6) is 0 Å². The van der Waals surface area contributed by atoms with Gasteiger partial charge >= 0.3 is 0 Å². The van der Waals surface area contributed by atoms with E-state index in [1.807, 2.05) is 0 Å². The number of nitrogens with one attached hydrogen (secondary N) is 1. The van der Waals surface area contributed by atoms with E-state index in [2.05, 4.69) is 4.72 Å². The normalized spacial score (nSPS) is 11.6. The van der Waals surface area contributed by atoms with Gasteiger partial charge in [0, 0.05) is 25.0 Å². The fourth-order valence-corrected chi connectivity index (χ4v) is 2.51. The molecule has 0 aliphatic carbocycles. The van der Waals surface area contributed by atoms with E-state index < -0.39 is 10.0 Å². The first-order valence-electron chi connectivity index (χ1n) is 5.97. The van der Waals surface area contributed by atoms with Crippen molar-refractivity contribution in [3.05, 3.63) is 77.4 Å². The summed E-state index contributed by atoms with van der Waals surface area (Å²) in [5, 5.41) is 0. The van der Waals surface area contributed by atoms with Crippen molar-refractivity contribution >= 4 is 10.0 Å². The number of hydrogen-bond acceptors (Lipinski definition) is 3. The number of allylic oxidation sites excluding steroid dienone is 1. The molecule has 0 saturated carbocycles. The van der Waals surface area contributed by atoms with Gasteiger partial charge in [-0.3, -0.25) is 9.52 Å². The smallest absolute Gasteiger partial charge is 0.261 e. The molecule has 0 atom stereocenters. The minimum atomic E-state index is -3.55. The standard InChI is InChI=1S/C14H14N2O3S/c17-14-9-4-5-11-16(14)12-6-10-15-20(18,19)13-7-2-1-3-8-13/h1-11,15H,12H2/b10-6+. The van der Waals surface area contributed by atoms with Gasteiger partial charge in [0.05, 0.1) is 4.90 Å². The van der Waals surface area contributed by atoms with Crippen LogP contribution in [0.15, 0.2) is 76.7 Å². The SMILES string of the molecule is O=c1ccccn1C/C=C/NS(=O)(=O)c1ccccc1. The Hall–Kier alpha value is -2.34. The Bertz CT molecular complexity index is 749. The lowest BCUT2D eigenvalue weighted by molar-refractivity contribution is 0.590. The predicted molar refractivity (Wildman–Crippen MR) is 76.6 cm³/mol. The first kappa shape index (κ1) is 14.1. The first-order valence-corrected chi connectivity index (χ1v) is 7.46. The zero-order valence-corrected chi connectivity index (χ0v) is 11.5. The number of sulfonamides is 1. The van der Waals surface area contributed by atoms with Crippen LogP contribution in [-0.4, -0.2) is 13.0 Å². The van der Waals surface area contributed by atoms with Crippen molar-refractivity contribution in [2.45, 2.75) is 11.4 Å². The van der Waals surface area contributed by atoms with Crippen LogP contribution in [-0.2, 0) is 16.6 Å². The molecule has 104 valence electrons. The second-order valence-corrected chi connectivity index (χ2v) is 5.74. The van der Waals surface area contributed by atoms with Crippen LogP contribution in [0.1, 0.15) is 0 Å². The molecule has 0 amide bonds. The summed E-state index contributed by atoms with van der Waals surface area (Å²) in [6, 6.07) is 12.9. The highest BCUT2D eigenvalue weighted by molar-refractivity contribution is 7.89. The highest BCUT2D eigenvalue weighted by Crippen LogP contribution is 2.06. The Morgan fingerprint density at radius 3 is 2.45 bits per heavy atom. The van der Waals surface area contributed by atoms with Crippen molar-refractivity contribution in [1.29, 1.82) is 0 Å². The number of nitrogens with zero attached hydrogens (tertiary/aromatic N) is 1. The molecule has 5 nitrogen and oxygen atoms in total. The van der Waals surface area contributed by atoms with Crippen molar-refractivity contribution in [3.8, 4) is 0 Å². The summed E-state index contributed by atoms with van der Waals surface area (Å²) in [5.74, 6) is 0. The van der Waals surface area contributed by atoms with Crippen LogP contribution in [0.2, 0.25) is 0 Å². The Morgan fingerprint density at radius 2 is 1.75 bits per heavy atom. The summed E-state index contributed by atoms with van der Waals surface area (Å²) in [4.78, 5) is 11.6. The van der Waals surface area contributed by atoms with Gasteiger partial charge in [-0.25, -0.2) is 8.42 Å². The number of pyridine rings is 1. The van der Waals surface area contributed by atoms with E-state index in [4.69, 9.17) is 0 Å². The third-order valence-electron chi connectivity index (χ3n) is 2.60. The molecule has 1 heterocycles. The molecule has 0 unspecified atom stereocenters. The zero-order valence-electron chi connectivity index (χ0n) is 10.6. The largest absolute Gasteiger partial charge is 0.312 e. The molecule has 0 fully saturated rings. The van der Waals surface area contributed by atoms with Gasteiger partial charge in [-0.15, -0.1) is 0 Å². The van der Waals surface area contributed by atoms with E-state index in [-0.39, 0.29) is 10.5 Å². The molecule has 0 radical (unpaired) electrons. The predicted octanol–water partition coefficient (Wildman–Crippen LogP) is 1.34. The maximum atomic E-state index is 11.9. The Labute approximate surface area is 117 Å². The summed E-state index contributed by atoms with van der Waals surface area (Å²) < 4.78 is 27.6. The minimum absolute atomic E-state index is 0.136. The van der Waals surface area contributed by atoms with E-state index in [1.54, 1.807) is 42.6 Å². The fraction of sp³-hybridized carbons (Fsp3) is 0.0714. The fourth-order valence-electron chi connectivity index (χ4n) is 1.58. The summed E-state index contributed by atoms with van der Waals surface area (Å²) in [6.45, 7) is 0.303. The molecular weight excluding hydrogens is 276 g/mol. The second kappa shape index (κ2) is 6.21. The Morgan fingerprint density at radius 1 is 1.05 bits per heavy atom. The lowest BCUT2D eigenvalue weighted by Crippen LogP contribution is -2.19. The third kappa shape index (κ3) is 3.58. The summed E-state index contributed by atoms with van der Waals surface area (Å²) in [5.41, 5.74) is -0.136. The monoisotopic (exact) mass is 290 g/mol. The van der Waals surface area contributed by atoms with Crippen molar-refractivity contribution in [2.24, 2.45) is 0 Å². The van der Waals surface area contributed by atoms with Crippen LogP contribution < -0.4 is 10.3 Å². The molecular formula is C14H14N2O3S. The van der Waals surface area contributed by atoms with Gasteiger partial charge in [0.1, 0.15) is 0 Å². The van der Waals surface area contributed by atoms with E-state index in [0.717, 1.165) is 0 Å². The van der Waals surface area contributed by atoms with Crippen LogP contribution in [0.4, 0.5) is 0 Å². The quantitative estimate of drug-likeness (QED) is 0.903. The number of aromatic nitrogens is 1. The van der Waals surface area contributed by atoms with Crippen molar-refractivity contribution in [3.63, 3.8) is 0 Å². The molecule has 0 saturated heterocycles. The molecule has 20 heavy (non-hydrogen) atoms. The van der Waals surface area contributed by atoms with Gasteiger partial charge in [0.15, 0.2) is 0 Å². The van der Waals surface area contributed by atoms with E-state index >= 15 is 0 Å². The molecule has 0 spiro atoms. The van der Waals surface area contributed by atoms with Crippen LogP contribution >= 0.6 is 0 Å². The lowest BCUT2D eigenvalue weighted by atomic mass is 10.4. The Kier molecular flexibility index (Phi) is 4.37. The molecule has 2 aromatic rings. The molecule has 1 aromatic heterocycles. The molecule has 6 heteroatoms. The highest BCUT2D eigenvalue weighted by atomic mass is 32.2. The first-order chi connectivity index (χ1) is 9.59. The Balaban J connectivity index is 2.01. The lowest BCUT2D eigenvalue weighted by Gasteiger charge is -2.03. The summed E-state index contributed by atoms with van der Waals surface area (Å²) in [7, 11) is -3.55. The summed E-state index contributed by atoms with van der Waals surface area (Å²) >= 11 is 0. The van der Waals surface area contributed by atoms with Gasteiger partial charge in [-0.2, -0.15) is 0 Å². The van der Waals surface area contributed by atoms with Crippen LogP contribution in [0.25, 0.3) is 0 Å². The molecule has 1 aromatic carbocycles. The van der Waals surface area contributed by atoms with E-state index in [0.29, 0.717) is 6.54 Å². The maximum Gasteiger partial charge on any atom is 0.261 e. The second-order valence-electron chi connectivity index (χ2n) is 4.03. The average molecular weight is 290 g/mol. The van der Waals surface area contributed by atoms with Gasteiger partial charge in [-0.1, -0.05) is 24.3 Å². The minimum Gasteiger partial charge on any atom is -0.312 e. The number of hydrogen-bond donors (Lipinski definition) is 1. The maximum absolute atomic E-state index is 11.9. The topological polar surface area (TPSA) is 68.2 Å². The molecule has 2 rings (SSSR count). The van der Waals surface area contributed by atoms with Gasteiger partial charge < -0.3 is 4.57 Å². The highest BCUT2D eigenvalue weighted by Gasteiger charge is 2.09. The zero-order chi connectivity index (χ0) is 14.4.